The molecule has 1 aromatic carbocycles. The Morgan fingerprint density at radius 2 is 1.97 bits per heavy atom. The summed E-state index contributed by atoms with van der Waals surface area (Å²) in [6.07, 6.45) is 4.01. The largest absolute Gasteiger partial charge is 0.511 e. The lowest BCUT2D eigenvalue weighted by molar-refractivity contribution is -0.144. The summed E-state index contributed by atoms with van der Waals surface area (Å²) in [5.41, 5.74) is 4.86. The van der Waals surface area contributed by atoms with Crippen molar-refractivity contribution in [3.05, 3.63) is 57.6 Å². The standard InChI is InChI=1S/C25H24N2O7S/c1-10-17(35-9-27-10)5-3-11-2-4-15(28)19-14(11)7-12-6-13-8-16(29)20(24(26)33)23(32)25(13,34)22(31)18(12)21(19)30/h2-5,9-10,12-13,17,28-29,31,34H,6-8H2,1H3,(H2,26,33)/b5-3+/t10?,12-,13+,17?,25+/m1/s1. The quantitative estimate of drug-likeness (QED) is 0.396. The van der Waals surface area contributed by atoms with Crippen LogP contribution in [0.15, 0.2) is 45.9 Å². The molecule has 0 fully saturated rings. The second-order valence-corrected chi connectivity index (χ2v) is 10.4. The SMILES string of the molecule is CC1N=CSC1/C=C/c1ccc(O)c2c1C[C@H]1C[C@H]3CC(O)=C(C(N)=O)C(=O)[C@@]3(O)C(O)=C1C2=O. The monoisotopic (exact) mass is 496 g/mol. The number of fused-ring (bicyclic) bond motifs is 3. The number of aromatic hydroxyl groups is 1. The molecule has 5 rings (SSSR count). The average molecular weight is 497 g/mol. The van der Waals surface area contributed by atoms with Crippen LogP contribution in [0.1, 0.15) is 41.3 Å². The van der Waals surface area contributed by atoms with E-state index in [1.807, 2.05) is 19.1 Å². The van der Waals surface area contributed by atoms with Crippen molar-refractivity contribution in [1.29, 1.82) is 0 Å². The van der Waals surface area contributed by atoms with Gasteiger partial charge in [0, 0.05) is 17.9 Å². The Morgan fingerprint density at radius 3 is 2.63 bits per heavy atom. The number of amides is 1. The first-order valence-corrected chi connectivity index (χ1v) is 12.2. The molecule has 2 unspecified atom stereocenters. The third-order valence-corrected chi connectivity index (χ3v) is 8.55. The van der Waals surface area contributed by atoms with Crippen LogP contribution in [-0.2, 0) is 16.0 Å². The number of hydrogen-bond donors (Lipinski definition) is 5. The van der Waals surface area contributed by atoms with Gasteiger partial charge in [-0.05, 0) is 42.9 Å². The zero-order valence-corrected chi connectivity index (χ0v) is 19.6. The number of aliphatic hydroxyl groups is 3. The van der Waals surface area contributed by atoms with Gasteiger partial charge in [0.25, 0.3) is 5.91 Å². The molecule has 9 nitrogen and oxygen atoms in total. The maximum absolute atomic E-state index is 13.5. The lowest BCUT2D eigenvalue weighted by atomic mass is 9.60. The number of rotatable bonds is 3. The number of phenolic OH excluding ortho intramolecular Hbond substituents is 1. The van der Waals surface area contributed by atoms with E-state index in [4.69, 9.17) is 5.73 Å². The zero-order valence-electron chi connectivity index (χ0n) is 18.8. The smallest absolute Gasteiger partial charge is 0.255 e. The molecule has 182 valence electrons. The molecular formula is C25H24N2O7S. The van der Waals surface area contributed by atoms with Gasteiger partial charge < -0.3 is 26.2 Å². The van der Waals surface area contributed by atoms with Crippen LogP contribution in [0, 0.1) is 11.8 Å². The Bertz CT molecular complexity index is 1310. The summed E-state index contributed by atoms with van der Waals surface area (Å²) in [4.78, 5) is 42.6. The van der Waals surface area contributed by atoms with E-state index in [1.165, 1.54) is 6.07 Å². The fourth-order valence-corrected chi connectivity index (χ4v) is 6.47. The van der Waals surface area contributed by atoms with E-state index >= 15 is 0 Å². The van der Waals surface area contributed by atoms with Crippen LogP contribution in [0.3, 0.4) is 0 Å². The normalized spacial score (nSPS) is 32.2. The molecule has 1 aromatic rings. The topological polar surface area (TPSA) is 171 Å². The summed E-state index contributed by atoms with van der Waals surface area (Å²) in [6, 6.07) is 3.23. The van der Waals surface area contributed by atoms with Gasteiger partial charge in [-0.2, -0.15) is 0 Å². The number of thioether (sulfide) groups is 1. The third kappa shape index (κ3) is 3.35. The highest BCUT2D eigenvalue weighted by Crippen LogP contribution is 2.51. The van der Waals surface area contributed by atoms with Gasteiger partial charge in [0.15, 0.2) is 11.4 Å². The molecule has 1 amide bonds. The molecule has 6 N–H and O–H groups in total. The number of ketones is 2. The van der Waals surface area contributed by atoms with Crippen LogP contribution in [0.25, 0.3) is 6.08 Å². The summed E-state index contributed by atoms with van der Waals surface area (Å²) in [5, 5.41) is 43.3. The van der Waals surface area contributed by atoms with E-state index < -0.39 is 52.0 Å². The Morgan fingerprint density at radius 1 is 1.23 bits per heavy atom. The van der Waals surface area contributed by atoms with Crippen molar-refractivity contribution in [2.75, 3.05) is 0 Å². The number of hydrogen-bond acceptors (Lipinski definition) is 9. The van der Waals surface area contributed by atoms with E-state index in [-0.39, 0.29) is 47.4 Å². The van der Waals surface area contributed by atoms with E-state index in [9.17, 15) is 34.8 Å². The first-order valence-electron chi connectivity index (χ1n) is 11.2. The number of allylic oxidation sites excluding steroid dienone is 2. The van der Waals surface area contributed by atoms with Crippen LogP contribution in [0.5, 0.6) is 5.75 Å². The number of carbonyl (C=O) groups excluding carboxylic acids is 3. The number of aliphatic imine (C=N–C) groups is 1. The van der Waals surface area contributed by atoms with Crippen LogP contribution < -0.4 is 5.73 Å². The number of primary amides is 1. The molecule has 0 saturated carbocycles. The average Bonchev–Trinajstić information content (AvgIpc) is 3.20. The van der Waals surface area contributed by atoms with Crippen LogP contribution in [0.4, 0.5) is 0 Å². The molecule has 0 bridgehead atoms. The molecule has 1 heterocycles. The van der Waals surface area contributed by atoms with Gasteiger partial charge in [0.05, 0.1) is 22.4 Å². The number of phenols is 1. The van der Waals surface area contributed by atoms with Crippen LogP contribution >= 0.6 is 11.8 Å². The van der Waals surface area contributed by atoms with Crippen molar-refractivity contribution in [1.82, 2.24) is 0 Å². The number of Topliss-reactive ketones (excluding diaryl/α,β-unsaturated/α-hetero) is 2. The van der Waals surface area contributed by atoms with Gasteiger partial charge in [-0.1, -0.05) is 18.2 Å². The summed E-state index contributed by atoms with van der Waals surface area (Å²) in [5.74, 6) is -6.32. The molecule has 5 atom stereocenters. The van der Waals surface area contributed by atoms with Gasteiger partial charge >= 0.3 is 0 Å². The van der Waals surface area contributed by atoms with Crippen molar-refractivity contribution in [3.8, 4) is 5.75 Å². The van der Waals surface area contributed by atoms with Gasteiger partial charge in [0.2, 0.25) is 5.78 Å². The molecule has 1 aliphatic heterocycles. The molecule has 0 radical (unpaired) electrons. The van der Waals surface area contributed by atoms with Crippen molar-refractivity contribution in [2.45, 2.75) is 43.1 Å². The molecule has 10 heteroatoms. The van der Waals surface area contributed by atoms with Crippen LogP contribution in [-0.4, -0.2) is 60.3 Å². The molecule has 0 saturated heterocycles. The predicted molar refractivity (Wildman–Crippen MR) is 129 cm³/mol. The highest BCUT2D eigenvalue weighted by Gasteiger charge is 2.59. The molecule has 3 aliphatic carbocycles. The minimum atomic E-state index is -2.56. The first kappa shape index (κ1) is 23.4. The third-order valence-electron chi connectivity index (χ3n) is 7.44. The van der Waals surface area contributed by atoms with E-state index in [0.717, 1.165) is 5.56 Å². The predicted octanol–water partition coefficient (Wildman–Crippen LogP) is 2.13. The summed E-state index contributed by atoms with van der Waals surface area (Å²) < 4.78 is 0. The van der Waals surface area contributed by atoms with E-state index in [2.05, 4.69) is 4.99 Å². The van der Waals surface area contributed by atoms with E-state index in [0.29, 0.717) is 5.56 Å². The second-order valence-electron chi connectivity index (χ2n) is 9.39. The second kappa shape index (κ2) is 8.10. The zero-order chi connectivity index (χ0) is 25.2. The lowest BCUT2D eigenvalue weighted by Crippen LogP contribution is -2.57. The van der Waals surface area contributed by atoms with Crippen molar-refractivity contribution >= 4 is 40.9 Å². The Kier molecular flexibility index (Phi) is 5.41. The highest BCUT2D eigenvalue weighted by molar-refractivity contribution is 8.13. The van der Waals surface area contributed by atoms with Gasteiger partial charge in [-0.3, -0.25) is 19.4 Å². The lowest BCUT2D eigenvalue weighted by Gasteiger charge is -2.45. The maximum atomic E-state index is 13.5. The Labute approximate surface area is 204 Å². The molecule has 35 heavy (non-hydrogen) atoms. The molecule has 0 spiro atoms. The summed E-state index contributed by atoms with van der Waals surface area (Å²) in [6.45, 7) is 2.00. The Balaban J connectivity index is 1.59. The fraction of sp³-hybridized carbons (Fsp3) is 0.360. The minimum absolute atomic E-state index is 0.00662. The van der Waals surface area contributed by atoms with Crippen molar-refractivity contribution < 1.29 is 34.8 Å². The van der Waals surface area contributed by atoms with E-state index in [1.54, 1.807) is 23.4 Å². The number of benzene rings is 1. The fourth-order valence-electron chi connectivity index (χ4n) is 5.60. The van der Waals surface area contributed by atoms with Crippen LogP contribution in [0.2, 0.25) is 0 Å². The van der Waals surface area contributed by atoms with Gasteiger partial charge in [0.1, 0.15) is 22.8 Å². The van der Waals surface area contributed by atoms with Crippen molar-refractivity contribution in [3.63, 3.8) is 0 Å². The maximum Gasteiger partial charge on any atom is 0.255 e. The number of carbonyl (C=O) groups is 3. The first-order chi connectivity index (χ1) is 16.6. The molecule has 0 aromatic heterocycles. The van der Waals surface area contributed by atoms with Gasteiger partial charge in [-0.15, -0.1) is 11.8 Å². The summed E-state index contributed by atoms with van der Waals surface area (Å²) in [7, 11) is 0. The number of nitrogens with two attached hydrogens (primary N) is 1. The minimum Gasteiger partial charge on any atom is -0.511 e. The Hall–Kier alpha value is -3.37. The van der Waals surface area contributed by atoms with Crippen molar-refractivity contribution in [2.24, 2.45) is 22.6 Å². The number of aliphatic hydroxyl groups excluding tert-OH is 2. The highest BCUT2D eigenvalue weighted by atomic mass is 32.2. The molecule has 4 aliphatic rings. The molecular weight excluding hydrogens is 472 g/mol. The summed E-state index contributed by atoms with van der Waals surface area (Å²) >= 11 is 1.59. The number of nitrogens with zero attached hydrogens (tertiary/aromatic N) is 1. The van der Waals surface area contributed by atoms with Gasteiger partial charge in [-0.25, -0.2) is 0 Å².